The van der Waals surface area contributed by atoms with Crippen LogP contribution in [0.1, 0.15) is 30.9 Å². The van der Waals surface area contributed by atoms with Gasteiger partial charge in [-0.05, 0) is 48.7 Å². The van der Waals surface area contributed by atoms with Crippen LogP contribution in [-0.4, -0.2) is 35.9 Å². The highest BCUT2D eigenvalue weighted by Gasteiger charge is 2.29. The third kappa shape index (κ3) is 7.73. The Morgan fingerprint density at radius 2 is 1.56 bits per heavy atom. The number of carbonyl (C=O) groups excluding carboxylic acids is 2. The molecular formula is C28H31FN2O3. The molecule has 0 heterocycles. The highest BCUT2D eigenvalue weighted by atomic mass is 19.1. The maximum Gasteiger partial charge on any atom is 0.243 e. The maximum atomic E-state index is 13.4. The molecular weight excluding hydrogens is 431 g/mol. The summed E-state index contributed by atoms with van der Waals surface area (Å²) in [5.41, 5.74) is 1.72. The van der Waals surface area contributed by atoms with Crippen molar-refractivity contribution in [1.82, 2.24) is 10.2 Å². The van der Waals surface area contributed by atoms with Crippen LogP contribution in [0.3, 0.4) is 0 Å². The lowest BCUT2D eigenvalue weighted by Crippen LogP contribution is -2.50. The van der Waals surface area contributed by atoms with Crippen molar-refractivity contribution >= 4 is 11.8 Å². The van der Waals surface area contributed by atoms with Crippen molar-refractivity contribution in [2.45, 2.75) is 38.8 Å². The molecule has 0 unspecified atom stereocenters. The summed E-state index contributed by atoms with van der Waals surface area (Å²) in [6, 6.07) is 24.4. The van der Waals surface area contributed by atoms with Gasteiger partial charge in [-0.3, -0.25) is 9.59 Å². The van der Waals surface area contributed by atoms with E-state index in [-0.39, 0.29) is 30.6 Å². The second-order valence-electron chi connectivity index (χ2n) is 8.01. The number of likely N-dealkylation sites (N-methyl/N-ethyl adjacent to an activating group) is 1. The summed E-state index contributed by atoms with van der Waals surface area (Å²) in [5.74, 6) is 0.0576. The van der Waals surface area contributed by atoms with Crippen LogP contribution in [0.25, 0.3) is 0 Å². The third-order valence-electron chi connectivity index (χ3n) is 5.44. The molecule has 0 aliphatic heterocycles. The van der Waals surface area contributed by atoms with Crippen LogP contribution in [0.15, 0.2) is 84.9 Å². The predicted octanol–water partition coefficient (Wildman–Crippen LogP) is 4.76. The van der Waals surface area contributed by atoms with Crippen molar-refractivity contribution in [3.63, 3.8) is 0 Å². The summed E-state index contributed by atoms with van der Waals surface area (Å²) in [4.78, 5) is 28.1. The number of nitrogens with one attached hydrogen (secondary N) is 1. The number of para-hydroxylation sites is 1. The van der Waals surface area contributed by atoms with E-state index >= 15 is 0 Å². The molecule has 3 rings (SSSR count). The molecule has 1 atom stereocenters. The third-order valence-corrected chi connectivity index (χ3v) is 5.44. The molecule has 0 fully saturated rings. The highest BCUT2D eigenvalue weighted by Crippen LogP contribution is 2.17. The fourth-order valence-corrected chi connectivity index (χ4v) is 3.71. The summed E-state index contributed by atoms with van der Waals surface area (Å²) >= 11 is 0. The molecule has 178 valence electrons. The van der Waals surface area contributed by atoms with E-state index in [0.29, 0.717) is 26.0 Å². The van der Waals surface area contributed by atoms with Crippen LogP contribution in [-0.2, 0) is 22.6 Å². The van der Waals surface area contributed by atoms with E-state index in [4.69, 9.17) is 4.74 Å². The SMILES string of the molecule is CCNC(=O)[C@@H](Cc1ccccc1)N(Cc1ccc(F)cc1)C(=O)CCCOc1ccccc1. The van der Waals surface area contributed by atoms with E-state index in [1.807, 2.05) is 67.6 Å². The Labute approximate surface area is 200 Å². The molecule has 2 amide bonds. The van der Waals surface area contributed by atoms with Gasteiger partial charge in [0.05, 0.1) is 6.61 Å². The number of nitrogens with zero attached hydrogens (tertiary/aromatic N) is 1. The molecule has 0 aliphatic rings. The summed E-state index contributed by atoms with van der Waals surface area (Å²) < 4.78 is 19.2. The van der Waals surface area contributed by atoms with Gasteiger partial charge in [-0.15, -0.1) is 0 Å². The lowest BCUT2D eigenvalue weighted by atomic mass is 10.0. The number of halogens is 1. The first-order chi connectivity index (χ1) is 16.6. The largest absolute Gasteiger partial charge is 0.494 e. The number of hydrogen-bond acceptors (Lipinski definition) is 3. The molecule has 0 saturated heterocycles. The van der Waals surface area contributed by atoms with Gasteiger partial charge in [-0.25, -0.2) is 4.39 Å². The van der Waals surface area contributed by atoms with E-state index in [1.165, 1.54) is 12.1 Å². The topological polar surface area (TPSA) is 58.6 Å². The zero-order valence-electron chi connectivity index (χ0n) is 19.5. The molecule has 1 N–H and O–H groups in total. The number of rotatable bonds is 12. The first kappa shape index (κ1) is 25.0. The minimum Gasteiger partial charge on any atom is -0.494 e. The maximum absolute atomic E-state index is 13.4. The monoisotopic (exact) mass is 462 g/mol. The Hall–Kier alpha value is -3.67. The van der Waals surface area contributed by atoms with E-state index in [1.54, 1.807) is 17.0 Å². The second kappa shape index (κ2) is 13.1. The fraction of sp³-hybridized carbons (Fsp3) is 0.286. The molecule has 0 radical (unpaired) electrons. The van der Waals surface area contributed by atoms with Crippen LogP contribution in [0, 0.1) is 5.82 Å². The number of amides is 2. The molecule has 0 spiro atoms. The quantitative estimate of drug-likeness (QED) is 0.395. The first-order valence-electron chi connectivity index (χ1n) is 11.6. The molecule has 34 heavy (non-hydrogen) atoms. The predicted molar refractivity (Wildman–Crippen MR) is 131 cm³/mol. The zero-order valence-corrected chi connectivity index (χ0v) is 19.5. The van der Waals surface area contributed by atoms with Gasteiger partial charge < -0.3 is 15.0 Å². The summed E-state index contributed by atoms with van der Waals surface area (Å²) in [6.07, 6.45) is 1.14. The number of hydrogen-bond donors (Lipinski definition) is 1. The zero-order chi connectivity index (χ0) is 24.2. The average Bonchev–Trinajstić information content (AvgIpc) is 2.86. The van der Waals surface area contributed by atoms with Crippen LogP contribution >= 0.6 is 0 Å². The molecule has 6 heteroatoms. The second-order valence-corrected chi connectivity index (χ2v) is 8.01. The van der Waals surface area contributed by atoms with E-state index in [9.17, 15) is 14.0 Å². The molecule has 0 aromatic heterocycles. The minimum absolute atomic E-state index is 0.145. The van der Waals surface area contributed by atoms with Crippen molar-refractivity contribution in [1.29, 1.82) is 0 Å². The highest BCUT2D eigenvalue weighted by molar-refractivity contribution is 5.88. The van der Waals surface area contributed by atoms with Crippen LogP contribution < -0.4 is 10.1 Å². The van der Waals surface area contributed by atoms with Gasteiger partial charge in [0.15, 0.2) is 0 Å². The molecule has 0 aliphatic carbocycles. The number of ether oxygens (including phenoxy) is 1. The lowest BCUT2D eigenvalue weighted by molar-refractivity contribution is -0.141. The Morgan fingerprint density at radius 3 is 2.21 bits per heavy atom. The van der Waals surface area contributed by atoms with Crippen molar-refractivity contribution in [2.75, 3.05) is 13.2 Å². The van der Waals surface area contributed by atoms with E-state index in [2.05, 4.69) is 5.32 Å². The Balaban J connectivity index is 1.76. The van der Waals surface area contributed by atoms with Crippen molar-refractivity contribution in [3.05, 3.63) is 102 Å². The average molecular weight is 463 g/mol. The van der Waals surface area contributed by atoms with Gasteiger partial charge in [-0.1, -0.05) is 60.7 Å². The van der Waals surface area contributed by atoms with Gasteiger partial charge in [0.25, 0.3) is 0 Å². The summed E-state index contributed by atoms with van der Waals surface area (Å²) in [6.45, 7) is 2.93. The number of carbonyl (C=O) groups is 2. The van der Waals surface area contributed by atoms with Gasteiger partial charge >= 0.3 is 0 Å². The lowest BCUT2D eigenvalue weighted by Gasteiger charge is -2.31. The molecule has 3 aromatic carbocycles. The summed E-state index contributed by atoms with van der Waals surface area (Å²) in [5, 5.41) is 2.87. The number of benzene rings is 3. The summed E-state index contributed by atoms with van der Waals surface area (Å²) in [7, 11) is 0. The Bertz CT molecular complexity index is 1030. The Kier molecular flexibility index (Phi) is 9.65. The molecule has 0 saturated carbocycles. The molecule has 3 aromatic rings. The smallest absolute Gasteiger partial charge is 0.243 e. The van der Waals surface area contributed by atoms with Crippen LogP contribution in [0.4, 0.5) is 4.39 Å². The van der Waals surface area contributed by atoms with Gasteiger partial charge in [0.1, 0.15) is 17.6 Å². The normalized spacial score (nSPS) is 11.5. The van der Waals surface area contributed by atoms with Crippen molar-refractivity contribution < 1.29 is 18.7 Å². The fourth-order valence-electron chi connectivity index (χ4n) is 3.71. The van der Waals surface area contributed by atoms with Gasteiger partial charge in [0, 0.05) is 25.9 Å². The van der Waals surface area contributed by atoms with Crippen molar-refractivity contribution in [3.8, 4) is 5.75 Å². The van der Waals surface area contributed by atoms with E-state index < -0.39 is 6.04 Å². The Morgan fingerprint density at radius 1 is 0.912 bits per heavy atom. The first-order valence-corrected chi connectivity index (χ1v) is 11.6. The molecule has 5 nitrogen and oxygen atoms in total. The minimum atomic E-state index is -0.685. The molecule has 0 bridgehead atoms. The van der Waals surface area contributed by atoms with Gasteiger partial charge in [-0.2, -0.15) is 0 Å². The van der Waals surface area contributed by atoms with Gasteiger partial charge in [0.2, 0.25) is 11.8 Å². The standard InChI is InChI=1S/C28H31FN2O3/c1-2-30-28(33)26(20-22-10-5-3-6-11-22)31(21-23-15-17-24(29)18-16-23)27(32)14-9-19-34-25-12-7-4-8-13-25/h3-8,10-13,15-18,26H,2,9,14,19-21H2,1H3,(H,30,33)/t26-/m1/s1. The van der Waals surface area contributed by atoms with Crippen molar-refractivity contribution in [2.24, 2.45) is 0 Å². The van der Waals surface area contributed by atoms with Crippen LogP contribution in [0.5, 0.6) is 5.75 Å². The van der Waals surface area contributed by atoms with Crippen LogP contribution in [0.2, 0.25) is 0 Å². The van der Waals surface area contributed by atoms with E-state index in [0.717, 1.165) is 16.9 Å².